The van der Waals surface area contributed by atoms with Crippen molar-refractivity contribution >= 4 is 33.7 Å². The molecule has 0 aromatic carbocycles. The molecule has 1 aliphatic carbocycles. The maximum absolute atomic E-state index is 8.57. The molecule has 0 saturated carbocycles. The summed E-state index contributed by atoms with van der Waals surface area (Å²) in [7, 11) is 5.46. The molecule has 1 N–H and O–H groups in total. The van der Waals surface area contributed by atoms with Crippen LogP contribution in [0.25, 0.3) is 22.1 Å². The zero-order valence-electron chi connectivity index (χ0n) is 28.8. The van der Waals surface area contributed by atoms with Gasteiger partial charge in [-0.3, -0.25) is 24.0 Å². The number of rotatable bonds is 4. The van der Waals surface area contributed by atoms with Crippen LogP contribution >= 0.6 is 11.6 Å². The Hall–Kier alpha value is -6.41. The van der Waals surface area contributed by atoms with Crippen LogP contribution in [0, 0.1) is 0 Å². The van der Waals surface area contributed by atoms with Gasteiger partial charge in [-0.15, -0.1) is 0 Å². The van der Waals surface area contributed by atoms with Crippen LogP contribution in [0.3, 0.4) is 0 Å². The Morgan fingerprint density at radius 3 is 1.73 bits per heavy atom. The van der Waals surface area contributed by atoms with Crippen LogP contribution in [0.1, 0.15) is 24.1 Å². The fourth-order valence-corrected chi connectivity index (χ4v) is 5.25. The molecular formula is C37H36ClN11O3. The van der Waals surface area contributed by atoms with Crippen LogP contribution in [-0.4, -0.2) is 59.4 Å². The van der Waals surface area contributed by atoms with Gasteiger partial charge in [0.05, 0.1) is 59.2 Å². The van der Waals surface area contributed by atoms with Gasteiger partial charge in [0.15, 0.2) is 17.2 Å². The van der Waals surface area contributed by atoms with E-state index in [0.29, 0.717) is 22.7 Å². The van der Waals surface area contributed by atoms with Gasteiger partial charge in [0.1, 0.15) is 5.15 Å². The standard InChI is InChI=1S/C13H15N3O.C12H10N4O.C8H5ClN2.C4H6N2O/c1-16-9-11(8-14-16)17-13-7-6-10-4-2-3-5-12(10)15-13;1-16-8-9(7-14-16)17-12-5-4-10-11(15-12)3-2-6-13-10;9-8-4-3-6-7(11-8)2-1-5-10-6;1-6-3-4(7)2-5-6/h6-9H,2-5H2,1H3;2-8H,1H3;1-5H;2-3,7H,1H3. The topological polar surface area (TPSA) is 157 Å². The Morgan fingerprint density at radius 1 is 0.596 bits per heavy atom. The van der Waals surface area contributed by atoms with Crippen LogP contribution in [0.15, 0.2) is 110 Å². The van der Waals surface area contributed by atoms with Crippen molar-refractivity contribution in [1.82, 2.24) is 54.3 Å². The van der Waals surface area contributed by atoms with Crippen LogP contribution in [0.5, 0.6) is 29.0 Å². The molecule has 8 aromatic heterocycles. The number of fused-ring (bicyclic) bond motifs is 3. The summed E-state index contributed by atoms with van der Waals surface area (Å²) >= 11 is 5.68. The molecule has 0 aliphatic heterocycles. The monoisotopic (exact) mass is 717 g/mol. The second kappa shape index (κ2) is 17.0. The highest BCUT2D eigenvalue weighted by atomic mass is 35.5. The van der Waals surface area contributed by atoms with Gasteiger partial charge >= 0.3 is 0 Å². The third-order valence-corrected chi connectivity index (χ3v) is 7.71. The molecule has 8 heterocycles. The highest BCUT2D eigenvalue weighted by Crippen LogP contribution is 2.25. The van der Waals surface area contributed by atoms with E-state index in [1.807, 2.05) is 62.8 Å². The first-order valence-corrected chi connectivity index (χ1v) is 16.7. The Labute approximate surface area is 304 Å². The van der Waals surface area contributed by atoms with Crippen molar-refractivity contribution in [3.63, 3.8) is 0 Å². The first-order chi connectivity index (χ1) is 25.3. The number of pyridine rings is 5. The normalized spacial score (nSPS) is 11.6. The first-order valence-electron chi connectivity index (χ1n) is 16.4. The molecule has 0 spiro atoms. The highest BCUT2D eigenvalue weighted by molar-refractivity contribution is 6.29. The molecule has 0 fully saturated rings. The second-order valence-corrected chi connectivity index (χ2v) is 12.0. The van der Waals surface area contributed by atoms with Gasteiger partial charge in [-0.05, 0) is 73.7 Å². The van der Waals surface area contributed by atoms with E-state index in [1.54, 1.807) is 59.5 Å². The number of ether oxygens (including phenoxy) is 2. The lowest BCUT2D eigenvalue weighted by molar-refractivity contribution is 0.457. The van der Waals surface area contributed by atoms with Gasteiger partial charge in [0.25, 0.3) is 0 Å². The molecule has 264 valence electrons. The minimum atomic E-state index is 0.211. The molecule has 9 rings (SSSR count). The number of aromatic hydroxyl groups is 1. The van der Waals surface area contributed by atoms with E-state index in [9.17, 15) is 0 Å². The summed E-state index contributed by atoms with van der Waals surface area (Å²) < 4.78 is 16.2. The maximum atomic E-state index is 8.57. The minimum Gasteiger partial charge on any atom is -0.505 e. The lowest BCUT2D eigenvalue weighted by atomic mass is 9.96. The first kappa shape index (κ1) is 35.4. The highest BCUT2D eigenvalue weighted by Gasteiger charge is 2.12. The summed E-state index contributed by atoms with van der Waals surface area (Å²) in [6.45, 7) is 0. The van der Waals surface area contributed by atoms with Gasteiger partial charge < -0.3 is 14.6 Å². The van der Waals surface area contributed by atoms with E-state index >= 15 is 0 Å². The van der Waals surface area contributed by atoms with Gasteiger partial charge in [0.2, 0.25) is 11.8 Å². The van der Waals surface area contributed by atoms with E-state index in [1.165, 1.54) is 41.2 Å². The lowest BCUT2D eigenvalue weighted by Crippen LogP contribution is -2.05. The molecule has 1 aliphatic rings. The Kier molecular flexibility index (Phi) is 11.6. The molecule has 14 nitrogen and oxygen atoms in total. The van der Waals surface area contributed by atoms with Crippen molar-refractivity contribution in [2.75, 3.05) is 0 Å². The Bertz CT molecular complexity index is 2360. The molecule has 0 saturated heterocycles. The van der Waals surface area contributed by atoms with Crippen LogP contribution in [0.4, 0.5) is 0 Å². The van der Waals surface area contributed by atoms with E-state index in [4.69, 9.17) is 26.2 Å². The molecule has 0 bridgehead atoms. The SMILES string of the molecule is Clc1ccc2ncccc2n1.Cn1cc(O)cn1.Cn1cc(Oc2ccc3c(n2)CCCC3)cn1.Cn1cc(Oc2ccc3ncccc3n2)cn1. The van der Waals surface area contributed by atoms with Crippen LogP contribution < -0.4 is 9.47 Å². The summed E-state index contributed by atoms with van der Waals surface area (Å²) in [6, 6.07) is 18.8. The molecule has 52 heavy (non-hydrogen) atoms. The fraction of sp³-hybridized carbons (Fsp3) is 0.189. The number of aryl methyl sites for hydroxylation is 5. The average Bonchev–Trinajstić information content (AvgIpc) is 3.88. The predicted molar refractivity (Wildman–Crippen MR) is 196 cm³/mol. The fourth-order valence-electron chi connectivity index (χ4n) is 5.10. The third-order valence-electron chi connectivity index (χ3n) is 7.50. The van der Waals surface area contributed by atoms with Gasteiger partial charge in [0, 0.05) is 51.4 Å². The number of halogens is 1. The maximum Gasteiger partial charge on any atom is 0.220 e. The van der Waals surface area contributed by atoms with Crippen molar-refractivity contribution in [3.05, 3.63) is 127 Å². The number of hydrogen-bond donors (Lipinski definition) is 1. The van der Waals surface area contributed by atoms with Crippen molar-refractivity contribution in [2.24, 2.45) is 21.1 Å². The Balaban J connectivity index is 0.000000125. The Morgan fingerprint density at radius 2 is 1.15 bits per heavy atom. The van der Waals surface area contributed by atoms with Gasteiger partial charge in [-0.25, -0.2) is 15.0 Å². The molecular weight excluding hydrogens is 682 g/mol. The minimum absolute atomic E-state index is 0.211. The number of hydrogen-bond acceptors (Lipinski definition) is 11. The largest absolute Gasteiger partial charge is 0.505 e. The van der Waals surface area contributed by atoms with Crippen molar-refractivity contribution < 1.29 is 14.6 Å². The number of nitrogens with zero attached hydrogens (tertiary/aromatic N) is 11. The van der Waals surface area contributed by atoms with Crippen LogP contribution in [0.2, 0.25) is 5.15 Å². The molecule has 8 aromatic rings. The van der Waals surface area contributed by atoms with E-state index in [0.717, 1.165) is 40.7 Å². The van der Waals surface area contributed by atoms with Gasteiger partial charge in [-0.2, -0.15) is 15.3 Å². The summed E-state index contributed by atoms with van der Waals surface area (Å²) in [5.74, 6) is 2.82. The average molecular weight is 718 g/mol. The summed E-state index contributed by atoms with van der Waals surface area (Å²) in [5.41, 5.74) is 5.93. The van der Waals surface area contributed by atoms with Gasteiger partial charge in [-0.1, -0.05) is 17.7 Å². The molecule has 15 heteroatoms. The van der Waals surface area contributed by atoms with Crippen molar-refractivity contribution in [2.45, 2.75) is 25.7 Å². The third kappa shape index (κ3) is 10.1. The zero-order chi connectivity index (χ0) is 36.3. The van der Waals surface area contributed by atoms with Crippen molar-refractivity contribution in [1.29, 1.82) is 0 Å². The second-order valence-electron chi connectivity index (χ2n) is 11.6. The summed E-state index contributed by atoms with van der Waals surface area (Å²) in [6.07, 6.45) is 18.1. The zero-order valence-corrected chi connectivity index (χ0v) is 29.5. The van der Waals surface area contributed by atoms with E-state index in [-0.39, 0.29) is 5.75 Å². The lowest BCUT2D eigenvalue weighted by Gasteiger charge is -2.15. The molecule has 0 unspecified atom stereocenters. The number of aromatic nitrogens is 11. The van der Waals surface area contributed by atoms with E-state index in [2.05, 4.69) is 46.3 Å². The molecule has 0 atom stereocenters. The smallest absolute Gasteiger partial charge is 0.220 e. The predicted octanol–water partition coefficient (Wildman–Crippen LogP) is 7.05. The van der Waals surface area contributed by atoms with Crippen LogP contribution in [-0.2, 0) is 34.0 Å². The molecule has 0 radical (unpaired) electrons. The van der Waals surface area contributed by atoms with E-state index < -0.39 is 0 Å². The van der Waals surface area contributed by atoms with Crippen molar-refractivity contribution in [3.8, 4) is 29.0 Å². The summed E-state index contributed by atoms with van der Waals surface area (Å²) in [4.78, 5) is 21.3. The molecule has 0 amide bonds. The summed E-state index contributed by atoms with van der Waals surface area (Å²) in [5, 5.41) is 20.8. The quantitative estimate of drug-likeness (QED) is 0.186.